The number of nitrogens with zero attached hydrogens (tertiary/aromatic N) is 1. The van der Waals surface area contributed by atoms with Crippen LogP contribution in [-0.4, -0.2) is 23.7 Å². The molecular formula is C15H11FN2O5. The van der Waals surface area contributed by atoms with Gasteiger partial charge < -0.3 is 10.1 Å². The predicted octanol–water partition coefficient (Wildman–Crippen LogP) is 2.56. The molecule has 0 saturated carbocycles. The Labute approximate surface area is 129 Å². The number of amides is 1. The number of carbonyl (C=O) groups excluding carboxylic acids is 2. The topological polar surface area (TPSA) is 98.5 Å². The van der Waals surface area contributed by atoms with E-state index in [1.165, 1.54) is 12.1 Å². The normalized spacial score (nSPS) is 9.96. The maximum atomic E-state index is 13.6. The van der Waals surface area contributed by atoms with Gasteiger partial charge in [-0.1, -0.05) is 12.1 Å². The third kappa shape index (κ3) is 4.10. The standard InChI is InChI=1S/C15H11FN2O5/c16-12-6-5-11(18(21)22)7-13(12)17-15(20)9-23-14-4-2-1-3-10(14)8-19/h1-8H,9H2,(H,17,20). The minimum absolute atomic E-state index is 0.206. The van der Waals surface area contributed by atoms with E-state index in [0.29, 0.717) is 6.29 Å². The van der Waals surface area contributed by atoms with Crippen molar-refractivity contribution in [1.29, 1.82) is 0 Å². The van der Waals surface area contributed by atoms with Crippen LogP contribution in [0.1, 0.15) is 10.4 Å². The number of nitro groups is 1. The summed E-state index contributed by atoms with van der Waals surface area (Å²) in [7, 11) is 0. The van der Waals surface area contributed by atoms with Crippen molar-refractivity contribution in [3.05, 3.63) is 64.0 Å². The van der Waals surface area contributed by atoms with Gasteiger partial charge in [-0.3, -0.25) is 19.7 Å². The number of benzene rings is 2. The fourth-order valence-electron chi connectivity index (χ4n) is 1.76. The predicted molar refractivity (Wildman–Crippen MR) is 79.0 cm³/mol. The van der Waals surface area contributed by atoms with Crippen LogP contribution in [0.15, 0.2) is 42.5 Å². The molecule has 0 radical (unpaired) electrons. The van der Waals surface area contributed by atoms with Crippen molar-refractivity contribution in [1.82, 2.24) is 0 Å². The molecule has 0 aliphatic carbocycles. The van der Waals surface area contributed by atoms with Crippen molar-refractivity contribution in [3.63, 3.8) is 0 Å². The third-order valence-electron chi connectivity index (χ3n) is 2.84. The van der Waals surface area contributed by atoms with Crippen LogP contribution in [0.5, 0.6) is 5.75 Å². The summed E-state index contributed by atoms with van der Waals surface area (Å²) in [6, 6.07) is 9.06. The summed E-state index contributed by atoms with van der Waals surface area (Å²) in [5, 5.41) is 12.8. The number of para-hydroxylation sites is 1. The summed E-state index contributed by atoms with van der Waals surface area (Å²) in [6.07, 6.45) is 0.577. The molecule has 7 nitrogen and oxygen atoms in total. The molecule has 0 atom stereocenters. The van der Waals surface area contributed by atoms with E-state index in [-0.39, 0.29) is 22.7 Å². The van der Waals surface area contributed by atoms with Gasteiger partial charge in [0, 0.05) is 12.1 Å². The molecular weight excluding hydrogens is 307 g/mol. The fourth-order valence-corrected chi connectivity index (χ4v) is 1.76. The first-order valence-corrected chi connectivity index (χ1v) is 6.42. The van der Waals surface area contributed by atoms with Gasteiger partial charge in [-0.2, -0.15) is 0 Å². The molecule has 0 spiro atoms. The van der Waals surface area contributed by atoms with Gasteiger partial charge in [0.25, 0.3) is 11.6 Å². The number of anilines is 1. The monoisotopic (exact) mass is 318 g/mol. The van der Waals surface area contributed by atoms with Gasteiger partial charge in [-0.25, -0.2) is 4.39 Å². The van der Waals surface area contributed by atoms with Crippen LogP contribution in [0.4, 0.5) is 15.8 Å². The number of rotatable bonds is 6. The number of carbonyl (C=O) groups is 2. The zero-order chi connectivity index (χ0) is 16.8. The van der Waals surface area contributed by atoms with Gasteiger partial charge in [0.2, 0.25) is 0 Å². The first kappa shape index (κ1) is 16.1. The smallest absolute Gasteiger partial charge is 0.271 e. The van der Waals surface area contributed by atoms with E-state index >= 15 is 0 Å². The lowest BCUT2D eigenvalue weighted by Gasteiger charge is -2.09. The molecule has 0 aromatic heterocycles. The highest BCUT2D eigenvalue weighted by Crippen LogP contribution is 2.21. The summed E-state index contributed by atoms with van der Waals surface area (Å²) in [5.41, 5.74) is -0.410. The molecule has 2 aromatic carbocycles. The Bertz CT molecular complexity index is 763. The van der Waals surface area contributed by atoms with E-state index < -0.39 is 23.3 Å². The van der Waals surface area contributed by atoms with Gasteiger partial charge in [0.15, 0.2) is 12.9 Å². The van der Waals surface area contributed by atoms with Crippen LogP contribution in [-0.2, 0) is 4.79 Å². The number of aldehydes is 1. The number of nitrogens with one attached hydrogen (secondary N) is 1. The summed E-state index contributed by atoms with van der Waals surface area (Å²) < 4.78 is 18.7. The molecule has 0 heterocycles. The lowest BCUT2D eigenvalue weighted by molar-refractivity contribution is -0.384. The van der Waals surface area contributed by atoms with Crippen molar-refractivity contribution >= 4 is 23.6 Å². The van der Waals surface area contributed by atoms with Crippen LogP contribution in [0.25, 0.3) is 0 Å². The summed E-state index contributed by atoms with van der Waals surface area (Å²) in [5.74, 6) is -1.32. The lowest BCUT2D eigenvalue weighted by Crippen LogP contribution is -2.21. The quantitative estimate of drug-likeness (QED) is 0.501. The average Bonchev–Trinajstić information content (AvgIpc) is 2.55. The van der Waals surface area contributed by atoms with E-state index in [4.69, 9.17) is 4.74 Å². The van der Waals surface area contributed by atoms with Crippen molar-refractivity contribution in [2.24, 2.45) is 0 Å². The van der Waals surface area contributed by atoms with Gasteiger partial charge in [-0.05, 0) is 18.2 Å². The molecule has 0 aliphatic rings. The van der Waals surface area contributed by atoms with Gasteiger partial charge >= 0.3 is 0 Å². The van der Waals surface area contributed by atoms with Crippen LogP contribution in [0.3, 0.4) is 0 Å². The fraction of sp³-hybridized carbons (Fsp3) is 0.0667. The summed E-state index contributed by atoms with van der Waals surface area (Å²) in [4.78, 5) is 32.5. The van der Waals surface area contributed by atoms with Gasteiger partial charge in [0.05, 0.1) is 16.2 Å². The van der Waals surface area contributed by atoms with E-state index in [0.717, 1.165) is 18.2 Å². The number of hydrogen-bond donors (Lipinski definition) is 1. The highest BCUT2D eigenvalue weighted by Gasteiger charge is 2.14. The van der Waals surface area contributed by atoms with Crippen LogP contribution >= 0.6 is 0 Å². The largest absolute Gasteiger partial charge is 0.483 e. The second-order valence-electron chi connectivity index (χ2n) is 4.41. The highest BCUT2D eigenvalue weighted by atomic mass is 19.1. The number of hydrogen-bond acceptors (Lipinski definition) is 5. The second-order valence-corrected chi connectivity index (χ2v) is 4.41. The molecule has 8 heteroatoms. The van der Waals surface area contributed by atoms with Gasteiger partial charge in [-0.15, -0.1) is 0 Å². The minimum Gasteiger partial charge on any atom is -0.483 e. The second kappa shape index (κ2) is 7.12. The first-order valence-electron chi connectivity index (χ1n) is 6.42. The first-order chi connectivity index (χ1) is 11.0. The molecule has 0 aliphatic heterocycles. The van der Waals surface area contributed by atoms with Crippen molar-refractivity contribution in [2.45, 2.75) is 0 Å². The Morgan fingerprint density at radius 1 is 1.30 bits per heavy atom. The van der Waals surface area contributed by atoms with Crippen LogP contribution < -0.4 is 10.1 Å². The van der Waals surface area contributed by atoms with Crippen LogP contribution in [0.2, 0.25) is 0 Å². The average molecular weight is 318 g/mol. The summed E-state index contributed by atoms with van der Waals surface area (Å²) in [6.45, 7) is -0.479. The van der Waals surface area contributed by atoms with Crippen molar-refractivity contribution in [3.8, 4) is 5.75 Å². The highest BCUT2D eigenvalue weighted by molar-refractivity contribution is 5.92. The van der Waals surface area contributed by atoms with Crippen molar-refractivity contribution < 1.29 is 23.6 Å². The van der Waals surface area contributed by atoms with Crippen LogP contribution in [0, 0.1) is 15.9 Å². The number of halogens is 1. The SMILES string of the molecule is O=Cc1ccccc1OCC(=O)Nc1cc([N+](=O)[O-])ccc1F. The molecule has 1 amide bonds. The Hall–Kier alpha value is -3.29. The molecule has 2 aromatic rings. The Balaban J connectivity index is 2.04. The molecule has 23 heavy (non-hydrogen) atoms. The summed E-state index contributed by atoms with van der Waals surface area (Å²) >= 11 is 0. The Kier molecular flexibility index (Phi) is 4.98. The Morgan fingerprint density at radius 2 is 2.04 bits per heavy atom. The molecule has 0 saturated heterocycles. The molecule has 0 bridgehead atoms. The van der Waals surface area contributed by atoms with Crippen molar-refractivity contribution in [2.75, 3.05) is 11.9 Å². The molecule has 1 N–H and O–H groups in total. The third-order valence-corrected chi connectivity index (χ3v) is 2.84. The van der Waals surface area contributed by atoms with Gasteiger partial charge in [0.1, 0.15) is 11.6 Å². The molecule has 0 unspecified atom stereocenters. The minimum atomic E-state index is -0.808. The molecule has 0 fully saturated rings. The maximum Gasteiger partial charge on any atom is 0.271 e. The van der Waals surface area contributed by atoms with E-state index in [1.807, 2.05) is 0 Å². The molecule has 118 valence electrons. The number of ether oxygens (including phenoxy) is 1. The number of non-ortho nitro benzene ring substituents is 1. The zero-order valence-electron chi connectivity index (χ0n) is 11.7. The van der Waals surface area contributed by atoms with E-state index in [9.17, 15) is 24.1 Å². The van der Waals surface area contributed by atoms with E-state index in [2.05, 4.69) is 5.32 Å². The maximum absolute atomic E-state index is 13.6. The number of nitro benzene ring substituents is 1. The Morgan fingerprint density at radius 3 is 2.74 bits per heavy atom. The zero-order valence-corrected chi connectivity index (χ0v) is 11.7. The lowest BCUT2D eigenvalue weighted by atomic mass is 10.2. The molecule has 2 rings (SSSR count). The van der Waals surface area contributed by atoms with E-state index in [1.54, 1.807) is 12.1 Å².